The fourth-order valence-corrected chi connectivity index (χ4v) is 3.65. The third-order valence-electron chi connectivity index (χ3n) is 5.07. The van der Waals surface area contributed by atoms with Gasteiger partial charge in [0.25, 0.3) is 11.5 Å². The van der Waals surface area contributed by atoms with E-state index in [2.05, 4.69) is 17.1 Å². The van der Waals surface area contributed by atoms with E-state index in [0.29, 0.717) is 50.6 Å². The van der Waals surface area contributed by atoms with E-state index in [1.807, 2.05) is 0 Å². The molecule has 1 aliphatic carbocycles. The van der Waals surface area contributed by atoms with Crippen molar-refractivity contribution in [2.75, 3.05) is 12.5 Å². The topological polar surface area (TPSA) is 149 Å². The highest BCUT2D eigenvalue weighted by atomic mass is 16.7. The van der Waals surface area contributed by atoms with Crippen LogP contribution in [0.1, 0.15) is 34.9 Å². The Morgan fingerprint density at radius 3 is 2.55 bits per heavy atom. The smallest absolute Gasteiger partial charge is 0.289 e. The maximum Gasteiger partial charge on any atom is 0.289 e. The molecule has 0 spiro atoms. The number of nitrogen functional groups attached to an aromatic ring is 1. The van der Waals surface area contributed by atoms with E-state index in [1.165, 1.54) is 12.1 Å². The number of anilines is 1. The number of rotatable bonds is 2. The maximum atomic E-state index is 11.6. The van der Waals surface area contributed by atoms with Crippen molar-refractivity contribution in [3.05, 3.63) is 55.8 Å². The standard InChI is InChI=1S/C20H13N5O4/c1-9-12(3-11-4-16-17(29-8-28-16)5-15(11)25(26)27)18-10(2)14(7-22)20(23)24-19(18)13(9)6-21/h3-5H,8H2,1-2H3,(H2,23,24)/p+1/b12-3+. The maximum absolute atomic E-state index is 11.6. The normalized spacial score (nSPS) is 15.2. The van der Waals surface area contributed by atoms with Crippen molar-refractivity contribution in [3.63, 3.8) is 0 Å². The third kappa shape index (κ3) is 2.57. The summed E-state index contributed by atoms with van der Waals surface area (Å²) in [6, 6.07) is 7.06. The minimum atomic E-state index is -0.503. The molecule has 9 heteroatoms. The first-order valence-electron chi connectivity index (χ1n) is 8.54. The molecule has 0 bridgehead atoms. The van der Waals surface area contributed by atoms with Crippen molar-refractivity contribution >= 4 is 28.7 Å². The molecule has 9 nitrogen and oxygen atoms in total. The molecule has 0 radical (unpaired) electrons. The second kappa shape index (κ2) is 6.36. The Morgan fingerprint density at radius 1 is 1.24 bits per heavy atom. The lowest BCUT2D eigenvalue weighted by atomic mass is 9.95. The summed E-state index contributed by atoms with van der Waals surface area (Å²) in [5.74, 6) is 0.875. The lowest BCUT2D eigenvalue weighted by Gasteiger charge is -2.09. The first-order valence-corrected chi connectivity index (χ1v) is 8.54. The Labute approximate surface area is 165 Å². The van der Waals surface area contributed by atoms with Crippen LogP contribution in [0.15, 0.2) is 17.7 Å². The van der Waals surface area contributed by atoms with Crippen LogP contribution >= 0.6 is 0 Å². The SMILES string of the molecule is CC1=C(C#N)c2[nH+]c(N)c(C#N)c(C)c2/C1=C/c1cc2c(cc1[N+](=O)[O-])OCO2. The second-order valence-electron chi connectivity index (χ2n) is 6.59. The van der Waals surface area contributed by atoms with Crippen LogP contribution < -0.4 is 20.2 Å². The summed E-state index contributed by atoms with van der Waals surface area (Å²) in [5, 5.41) is 30.7. The summed E-state index contributed by atoms with van der Waals surface area (Å²) < 4.78 is 10.6. The van der Waals surface area contributed by atoms with Gasteiger partial charge in [-0.25, -0.2) is 4.98 Å². The zero-order valence-corrected chi connectivity index (χ0v) is 15.5. The molecular formula is C20H14N5O4+. The number of nitrogens with zero attached hydrogens (tertiary/aromatic N) is 3. The van der Waals surface area contributed by atoms with Gasteiger partial charge in [-0.05, 0) is 42.7 Å². The highest BCUT2D eigenvalue weighted by molar-refractivity contribution is 6.08. The zero-order valence-electron chi connectivity index (χ0n) is 15.5. The largest absolute Gasteiger partial charge is 0.454 e. The molecule has 1 aromatic carbocycles. The second-order valence-corrected chi connectivity index (χ2v) is 6.59. The number of nitriles is 2. The third-order valence-corrected chi connectivity index (χ3v) is 5.07. The monoisotopic (exact) mass is 388 g/mol. The molecule has 1 aliphatic heterocycles. The van der Waals surface area contributed by atoms with Gasteiger partial charge in [0, 0.05) is 5.56 Å². The highest BCUT2D eigenvalue weighted by Gasteiger charge is 2.33. The summed E-state index contributed by atoms with van der Waals surface area (Å²) in [6.45, 7) is 3.47. The number of H-pyrrole nitrogens is 1. The van der Waals surface area contributed by atoms with E-state index in [-0.39, 0.29) is 23.9 Å². The summed E-state index contributed by atoms with van der Waals surface area (Å²) >= 11 is 0. The van der Waals surface area contributed by atoms with Crippen LogP contribution in [0, 0.1) is 39.7 Å². The highest BCUT2D eigenvalue weighted by Crippen LogP contribution is 2.45. The molecule has 0 atom stereocenters. The number of fused-ring (bicyclic) bond motifs is 2. The van der Waals surface area contributed by atoms with Gasteiger partial charge in [-0.2, -0.15) is 10.5 Å². The van der Waals surface area contributed by atoms with Crippen molar-refractivity contribution in [2.45, 2.75) is 13.8 Å². The lowest BCUT2D eigenvalue weighted by Crippen LogP contribution is -2.20. The summed E-state index contributed by atoms with van der Waals surface area (Å²) in [4.78, 5) is 14.0. The summed E-state index contributed by atoms with van der Waals surface area (Å²) in [6.07, 6.45) is 1.62. The van der Waals surface area contributed by atoms with Crippen LogP contribution in [0.2, 0.25) is 0 Å². The van der Waals surface area contributed by atoms with Gasteiger partial charge in [0.2, 0.25) is 6.79 Å². The van der Waals surface area contributed by atoms with E-state index in [9.17, 15) is 20.6 Å². The molecular weight excluding hydrogens is 374 g/mol. The van der Waals surface area contributed by atoms with Gasteiger partial charge in [-0.1, -0.05) is 0 Å². The number of allylic oxidation sites excluding steroid dienone is 3. The number of nitro benzene ring substituents is 1. The first-order chi connectivity index (χ1) is 13.9. The van der Waals surface area contributed by atoms with E-state index in [1.54, 1.807) is 19.9 Å². The minimum Gasteiger partial charge on any atom is -0.454 e. The summed E-state index contributed by atoms with van der Waals surface area (Å²) in [7, 11) is 0. The Kier molecular flexibility index (Phi) is 3.95. The van der Waals surface area contributed by atoms with Crippen molar-refractivity contribution in [1.29, 1.82) is 10.5 Å². The van der Waals surface area contributed by atoms with Crippen LogP contribution in [-0.2, 0) is 0 Å². The number of ether oxygens (including phenoxy) is 2. The fraction of sp³-hybridized carbons (Fsp3) is 0.150. The number of pyridine rings is 1. The molecule has 4 rings (SSSR count). The summed E-state index contributed by atoms with van der Waals surface area (Å²) in [5.41, 5.74) is 9.66. The number of aromatic amines is 1. The molecule has 0 amide bonds. The van der Waals surface area contributed by atoms with Crippen LogP contribution in [0.3, 0.4) is 0 Å². The number of nitrogens with two attached hydrogens (primary N) is 1. The molecule has 142 valence electrons. The van der Waals surface area contributed by atoms with Crippen LogP contribution in [0.25, 0.3) is 17.2 Å². The predicted octanol–water partition coefficient (Wildman–Crippen LogP) is 2.75. The molecule has 0 unspecified atom stereocenters. The van der Waals surface area contributed by atoms with E-state index < -0.39 is 4.92 Å². The van der Waals surface area contributed by atoms with Gasteiger partial charge >= 0.3 is 0 Å². The van der Waals surface area contributed by atoms with Gasteiger partial charge in [0.05, 0.1) is 16.6 Å². The number of nitro groups is 1. The van der Waals surface area contributed by atoms with Gasteiger partial charge in [-0.15, -0.1) is 0 Å². The number of benzene rings is 1. The van der Waals surface area contributed by atoms with Gasteiger partial charge in [0.15, 0.2) is 17.2 Å². The van der Waals surface area contributed by atoms with E-state index in [4.69, 9.17) is 15.2 Å². The zero-order chi connectivity index (χ0) is 20.9. The molecule has 29 heavy (non-hydrogen) atoms. The van der Waals surface area contributed by atoms with Crippen molar-refractivity contribution in [2.24, 2.45) is 0 Å². The molecule has 0 fully saturated rings. The number of hydrogen-bond donors (Lipinski definition) is 1. The minimum absolute atomic E-state index is 0.00820. The lowest BCUT2D eigenvalue weighted by molar-refractivity contribution is -0.385. The number of hydrogen-bond acceptors (Lipinski definition) is 7. The predicted molar refractivity (Wildman–Crippen MR) is 102 cm³/mol. The molecule has 2 aliphatic rings. The molecule has 2 heterocycles. The first kappa shape index (κ1) is 18.0. The van der Waals surface area contributed by atoms with E-state index >= 15 is 0 Å². The van der Waals surface area contributed by atoms with Crippen molar-refractivity contribution < 1.29 is 19.4 Å². The average molecular weight is 388 g/mol. The number of nitrogens with one attached hydrogen (secondary N) is 1. The molecule has 0 saturated carbocycles. The average Bonchev–Trinajstić information content (AvgIpc) is 3.23. The van der Waals surface area contributed by atoms with Crippen LogP contribution in [-0.4, -0.2) is 11.7 Å². The fourth-order valence-electron chi connectivity index (χ4n) is 3.65. The Balaban J connectivity index is 2.02. The molecule has 1 aromatic heterocycles. The Bertz CT molecular complexity index is 1260. The number of aromatic nitrogens is 1. The Morgan fingerprint density at radius 2 is 1.93 bits per heavy atom. The van der Waals surface area contributed by atoms with Gasteiger partial charge in [-0.3, -0.25) is 15.8 Å². The molecule has 2 aromatic rings. The van der Waals surface area contributed by atoms with Crippen molar-refractivity contribution in [1.82, 2.24) is 0 Å². The Hall–Kier alpha value is -4.37. The van der Waals surface area contributed by atoms with Gasteiger partial charge < -0.3 is 9.47 Å². The van der Waals surface area contributed by atoms with Gasteiger partial charge in [0.1, 0.15) is 23.3 Å². The molecule has 0 saturated heterocycles. The van der Waals surface area contributed by atoms with Crippen molar-refractivity contribution in [3.8, 4) is 23.6 Å². The molecule has 3 N–H and O–H groups in total. The van der Waals surface area contributed by atoms with Crippen LogP contribution in [0.4, 0.5) is 11.5 Å². The van der Waals surface area contributed by atoms with Crippen LogP contribution in [0.5, 0.6) is 11.5 Å². The van der Waals surface area contributed by atoms with E-state index in [0.717, 1.165) is 0 Å². The quantitative estimate of drug-likeness (QED) is 0.614.